The molecule has 2 unspecified atom stereocenters. The Balaban J connectivity index is 0.000000277. The van der Waals surface area contributed by atoms with Gasteiger partial charge >= 0.3 is 0 Å². The SMILES string of the molecule is CCC(C)COc1ccc(C(C)(C)c2ccc(OCC(C)CCl)c(C)c2)cc1C.CC[C@@H](C)COc1ccc(C(C)(C)c2ccc(OC[C@@H](C)CCl)c(C)c2)cc1C.CC[C@@H](C)COc1ccc(C(C)(C)c2ccc(OC[C@H](C)CCl)c(C)c2)cc1C.CC[C@H](C)COc1ccc(C(C)(C)c2ccc(OC[C@@H](C)CCl)c(C)c2)cc1C.CC[C@H](C)COc1ccc(C(C)(C)c2ccc(OC[C@H](C)CCl)c(C)c2)cc1C. The molecular formula is C130H185Cl5O10. The zero-order chi connectivity index (χ0) is 108. The number of benzene rings is 10. The lowest BCUT2D eigenvalue weighted by Gasteiger charge is -2.28. The van der Waals surface area contributed by atoms with Crippen LogP contribution in [0.25, 0.3) is 0 Å². The average molecular weight is 2090 g/mol. The van der Waals surface area contributed by atoms with Crippen LogP contribution in [0.2, 0.25) is 0 Å². The summed E-state index contributed by atoms with van der Waals surface area (Å²) >= 11 is 29.4. The lowest BCUT2D eigenvalue weighted by Crippen LogP contribution is -2.20. The van der Waals surface area contributed by atoms with Crippen molar-refractivity contribution in [2.75, 3.05) is 95.5 Å². The number of halogens is 5. The maximum atomic E-state index is 6.03. The summed E-state index contributed by atoms with van der Waals surface area (Å²) in [5.74, 6) is 17.2. The number of alkyl halides is 5. The monoisotopic (exact) mass is 2080 g/mol. The van der Waals surface area contributed by atoms with Crippen molar-refractivity contribution >= 4 is 58.0 Å². The second-order valence-electron chi connectivity index (χ2n) is 44.9. The third-order valence-electron chi connectivity index (χ3n) is 29.0. The highest BCUT2D eigenvalue weighted by molar-refractivity contribution is 6.19. The summed E-state index contributed by atoms with van der Waals surface area (Å²) in [5.41, 5.74) is 24.0. The molecule has 0 radical (unpaired) electrons. The number of hydrogen-bond donors (Lipinski definition) is 0. The number of rotatable bonds is 50. The van der Waals surface area contributed by atoms with Crippen LogP contribution in [0.1, 0.15) is 316 Å². The van der Waals surface area contributed by atoms with Crippen LogP contribution in [-0.2, 0) is 27.1 Å². The van der Waals surface area contributed by atoms with Crippen molar-refractivity contribution in [3.05, 3.63) is 293 Å². The van der Waals surface area contributed by atoms with Crippen molar-refractivity contribution < 1.29 is 47.4 Å². The highest BCUT2D eigenvalue weighted by atomic mass is 35.5. The van der Waals surface area contributed by atoms with Gasteiger partial charge in [-0.3, -0.25) is 0 Å². The number of ether oxygens (including phenoxy) is 10. The summed E-state index contributed by atoms with van der Waals surface area (Å²) in [7, 11) is 0. The minimum absolute atomic E-state index is 0.104. The maximum absolute atomic E-state index is 6.03. The Hall–Kier alpha value is -8.35. The summed E-state index contributed by atoms with van der Waals surface area (Å²) in [6.45, 7) is 83.5. The van der Waals surface area contributed by atoms with Crippen LogP contribution in [-0.4, -0.2) is 95.5 Å². The topological polar surface area (TPSA) is 92.3 Å². The van der Waals surface area contributed by atoms with E-state index in [1.54, 1.807) is 0 Å². The van der Waals surface area contributed by atoms with E-state index in [0.717, 1.165) is 150 Å². The normalized spacial score (nSPS) is 13.8. The van der Waals surface area contributed by atoms with Crippen LogP contribution in [0.15, 0.2) is 182 Å². The smallest absolute Gasteiger partial charge is 0.122 e. The Morgan fingerprint density at radius 1 is 0.166 bits per heavy atom. The first-order valence-corrected chi connectivity index (χ1v) is 56.3. The van der Waals surface area contributed by atoms with Gasteiger partial charge in [0.25, 0.3) is 0 Å². The predicted octanol–water partition coefficient (Wildman–Crippen LogP) is 36.5. The van der Waals surface area contributed by atoms with Crippen molar-refractivity contribution in [1.29, 1.82) is 0 Å². The summed E-state index contributed by atoms with van der Waals surface area (Å²) in [6, 6.07) is 65.4. The van der Waals surface area contributed by atoms with Crippen LogP contribution in [0.5, 0.6) is 57.5 Å². The van der Waals surface area contributed by atoms with E-state index < -0.39 is 0 Å². The maximum Gasteiger partial charge on any atom is 0.122 e. The van der Waals surface area contributed by atoms with Crippen LogP contribution < -0.4 is 47.4 Å². The van der Waals surface area contributed by atoms with Crippen LogP contribution >= 0.6 is 58.0 Å². The molecule has 0 amide bonds. The van der Waals surface area contributed by atoms with Gasteiger partial charge in [0.05, 0.1) is 66.1 Å². The first kappa shape index (κ1) is 125. The van der Waals surface area contributed by atoms with Gasteiger partial charge in [-0.1, -0.05) is 327 Å². The molecule has 0 fully saturated rings. The molecule has 15 heteroatoms. The minimum Gasteiger partial charge on any atom is -0.493 e. The molecule has 0 aliphatic carbocycles. The van der Waals surface area contributed by atoms with Gasteiger partial charge in [-0.05, 0) is 271 Å². The molecule has 0 heterocycles. The third-order valence-corrected chi connectivity index (χ3v) is 31.6. The van der Waals surface area contributed by atoms with E-state index in [2.05, 4.69) is 424 Å². The van der Waals surface area contributed by atoms with Gasteiger partial charge in [-0.2, -0.15) is 0 Å². The average Bonchev–Trinajstić information content (AvgIpc) is 0.803. The van der Waals surface area contributed by atoms with E-state index in [9.17, 15) is 0 Å². The quantitative estimate of drug-likeness (QED) is 0.0343. The molecule has 0 saturated heterocycles. The van der Waals surface area contributed by atoms with Crippen LogP contribution in [0.4, 0.5) is 0 Å². The largest absolute Gasteiger partial charge is 0.493 e. The van der Waals surface area contributed by atoms with Crippen LogP contribution in [0.3, 0.4) is 0 Å². The Bertz CT molecular complexity index is 4440. The van der Waals surface area contributed by atoms with Gasteiger partial charge in [0.15, 0.2) is 0 Å². The van der Waals surface area contributed by atoms with Gasteiger partial charge in [0.2, 0.25) is 0 Å². The van der Waals surface area contributed by atoms with Gasteiger partial charge in [-0.25, -0.2) is 0 Å². The molecule has 10 aromatic rings. The first-order valence-electron chi connectivity index (χ1n) is 53.6. The van der Waals surface area contributed by atoms with E-state index >= 15 is 0 Å². The van der Waals surface area contributed by atoms with Crippen molar-refractivity contribution in [3.63, 3.8) is 0 Å². The lowest BCUT2D eigenvalue weighted by atomic mass is 9.77. The van der Waals surface area contributed by atoms with E-state index in [0.29, 0.717) is 122 Å². The van der Waals surface area contributed by atoms with Crippen molar-refractivity contribution in [2.45, 2.75) is 302 Å². The molecule has 800 valence electrons. The molecule has 10 nitrogen and oxygen atoms in total. The molecule has 0 aliphatic heterocycles. The summed E-state index contributed by atoms with van der Waals surface area (Å²) in [6.07, 6.45) is 5.66. The highest BCUT2D eigenvalue weighted by Gasteiger charge is 2.32. The molecule has 0 spiro atoms. The number of hydrogen-bond acceptors (Lipinski definition) is 10. The first-order chi connectivity index (χ1) is 68.4. The summed E-state index contributed by atoms with van der Waals surface area (Å²) in [4.78, 5) is 0. The van der Waals surface area contributed by atoms with E-state index in [-0.39, 0.29) is 27.1 Å². The van der Waals surface area contributed by atoms with E-state index in [1.165, 1.54) is 83.5 Å². The van der Waals surface area contributed by atoms with Gasteiger partial charge in [-0.15, -0.1) is 58.0 Å². The molecule has 0 N–H and O–H groups in total. The molecule has 0 aliphatic rings. The fraction of sp³-hybridized carbons (Fsp3) is 0.538. The Morgan fingerprint density at radius 2 is 0.255 bits per heavy atom. The van der Waals surface area contributed by atoms with Crippen LogP contribution in [0, 0.1) is 128 Å². The fourth-order valence-corrected chi connectivity index (χ4v) is 16.4. The Labute approximate surface area is 905 Å². The van der Waals surface area contributed by atoms with Crippen molar-refractivity contribution in [1.82, 2.24) is 0 Å². The molecular weight excluding hydrogens is 1900 g/mol. The lowest BCUT2D eigenvalue weighted by molar-refractivity contribution is 0.255. The summed E-state index contributed by atoms with van der Waals surface area (Å²) < 4.78 is 59.9. The molecule has 0 saturated carbocycles. The van der Waals surface area contributed by atoms with Gasteiger partial charge < -0.3 is 47.4 Å². The van der Waals surface area contributed by atoms with E-state index in [1.807, 2.05) is 0 Å². The highest BCUT2D eigenvalue weighted by Crippen LogP contribution is 2.44. The molecule has 0 aromatic heterocycles. The minimum atomic E-state index is -0.104. The molecule has 145 heavy (non-hydrogen) atoms. The molecule has 10 atom stereocenters. The summed E-state index contributed by atoms with van der Waals surface area (Å²) in [5, 5.41) is 0. The Morgan fingerprint density at radius 3 is 0.331 bits per heavy atom. The standard InChI is InChI=1S/5C26H37ClO2/c5*1-8-18(2)16-28-24-11-9-22(13-20(24)4)26(6,7)23-10-12-25(21(5)14-23)29-17-19(3)15-27/h5*9-14,18-19H,8,15-17H2,1-7H3/t2*18-,19+;2*18-,19-;/m1010./s1. The fourth-order valence-electron chi connectivity index (χ4n) is 16.0. The van der Waals surface area contributed by atoms with E-state index in [4.69, 9.17) is 105 Å². The second-order valence-corrected chi connectivity index (χ2v) is 46.4. The Kier molecular flexibility index (Phi) is 52.3. The molecule has 10 rings (SSSR count). The number of aryl methyl sites for hydroxylation is 10. The van der Waals surface area contributed by atoms with Gasteiger partial charge in [0, 0.05) is 86.1 Å². The molecule has 10 aromatic carbocycles. The molecule has 0 bridgehead atoms. The van der Waals surface area contributed by atoms with Gasteiger partial charge in [0.1, 0.15) is 57.5 Å². The zero-order valence-electron chi connectivity index (χ0n) is 95.7. The predicted molar refractivity (Wildman–Crippen MR) is 624 cm³/mol. The van der Waals surface area contributed by atoms with Crippen molar-refractivity contribution in [2.24, 2.45) is 59.2 Å². The zero-order valence-corrected chi connectivity index (χ0v) is 99.5. The van der Waals surface area contributed by atoms with Crippen molar-refractivity contribution in [3.8, 4) is 57.5 Å². The third kappa shape index (κ3) is 38.3. The second kappa shape index (κ2) is 60.5.